The number of nitrogens with two attached hydrogens (primary N) is 1. The summed E-state index contributed by atoms with van der Waals surface area (Å²) in [6.07, 6.45) is 2.91. The lowest BCUT2D eigenvalue weighted by molar-refractivity contribution is -0.126. The number of carbonyl (C=O) groups is 1. The van der Waals surface area contributed by atoms with Crippen LogP contribution < -0.4 is 11.1 Å². The van der Waals surface area contributed by atoms with E-state index in [1.54, 1.807) is 0 Å². The molecule has 1 aliphatic carbocycles. The second-order valence-corrected chi connectivity index (χ2v) is 6.43. The second kappa shape index (κ2) is 5.17. The van der Waals surface area contributed by atoms with E-state index in [-0.39, 0.29) is 23.3 Å². The molecule has 3 heteroatoms. The highest BCUT2D eigenvalue weighted by molar-refractivity contribution is 5.78. The lowest BCUT2D eigenvalue weighted by Crippen LogP contribution is -2.43. The number of nitrogens with one attached hydrogen (secondary N) is 1. The third-order valence-corrected chi connectivity index (χ3v) is 3.42. The Morgan fingerprint density at radius 1 is 1.38 bits per heavy atom. The summed E-state index contributed by atoms with van der Waals surface area (Å²) in [6, 6.07) is 0.194. The first kappa shape index (κ1) is 13.5. The molecule has 16 heavy (non-hydrogen) atoms. The number of hydrogen-bond donors (Lipinski definition) is 2. The molecule has 0 heterocycles. The Labute approximate surface area is 99.2 Å². The van der Waals surface area contributed by atoms with Crippen molar-refractivity contribution in [2.75, 3.05) is 6.54 Å². The molecule has 94 valence electrons. The van der Waals surface area contributed by atoms with E-state index < -0.39 is 0 Å². The Kier molecular flexibility index (Phi) is 4.36. The fraction of sp³-hybridized carbons (Fsp3) is 0.923. The maximum absolute atomic E-state index is 11.9. The van der Waals surface area contributed by atoms with E-state index in [9.17, 15) is 4.79 Å². The van der Waals surface area contributed by atoms with Crippen molar-refractivity contribution in [1.82, 2.24) is 5.32 Å². The van der Waals surface area contributed by atoms with E-state index in [1.165, 1.54) is 0 Å². The molecule has 3 unspecified atom stereocenters. The molecule has 3 N–H and O–H groups in total. The van der Waals surface area contributed by atoms with Gasteiger partial charge in [0, 0.05) is 18.5 Å². The van der Waals surface area contributed by atoms with Crippen LogP contribution in [-0.2, 0) is 4.79 Å². The van der Waals surface area contributed by atoms with E-state index in [1.807, 2.05) is 0 Å². The van der Waals surface area contributed by atoms with Crippen molar-refractivity contribution in [2.45, 2.75) is 53.0 Å². The van der Waals surface area contributed by atoms with Crippen LogP contribution in [0.25, 0.3) is 0 Å². The molecule has 1 fully saturated rings. The first-order valence-electron chi connectivity index (χ1n) is 6.33. The van der Waals surface area contributed by atoms with Gasteiger partial charge in [0.1, 0.15) is 0 Å². The van der Waals surface area contributed by atoms with Crippen LogP contribution in [0.15, 0.2) is 0 Å². The predicted molar refractivity (Wildman–Crippen MR) is 66.9 cm³/mol. The second-order valence-electron chi connectivity index (χ2n) is 6.43. The molecule has 1 amide bonds. The smallest absolute Gasteiger partial charge is 0.223 e. The zero-order valence-corrected chi connectivity index (χ0v) is 11.0. The third kappa shape index (κ3) is 4.12. The highest BCUT2D eigenvalue weighted by Gasteiger charge is 2.29. The summed E-state index contributed by atoms with van der Waals surface area (Å²) in [4.78, 5) is 11.9. The van der Waals surface area contributed by atoms with Gasteiger partial charge >= 0.3 is 0 Å². The van der Waals surface area contributed by atoms with Crippen molar-refractivity contribution in [3.8, 4) is 0 Å². The lowest BCUT2D eigenvalue weighted by Gasteiger charge is -2.31. The van der Waals surface area contributed by atoms with Gasteiger partial charge in [-0.15, -0.1) is 0 Å². The summed E-state index contributed by atoms with van der Waals surface area (Å²) in [6.45, 7) is 9.30. The zero-order valence-electron chi connectivity index (χ0n) is 11.0. The van der Waals surface area contributed by atoms with Gasteiger partial charge in [-0.2, -0.15) is 0 Å². The highest BCUT2D eigenvalue weighted by atomic mass is 16.1. The quantitative estimate of drug-likeness (QED) is 0.755. The lowest BCUT2D eigenvalue weighted by atomic mass is 9.79. The largest absolute Gasteiger partial charge is 0.355 e. The van der Waals surface area contributed by atoms with E-state index in [4.69, 9.17) is 5.73 Å². The van der Waals surface area contributed by atoms with E-state index in [2.05, 4.69) is 33.0 Å². The predicted octanol–water partition coefficient (Wildman–Crippen LogP) is 1.91. The maximum Gasteiger partial charge on any atom is 0.223 e. The Hall–Kier alpha value is -0.570. The first-order valence-corrected chi connectivity index (χ1v) is 6.33. The number of carbonyl (C=O) groups excluding carboxylic acids is 1. The minimum atomic E-state index is 0.133. The Morgan fingerprint density at radius 3 is 2.50 bits per heavy atom. The number of amides is 1. The Bertz CT molecular complexity index is 245. The van der Waals surface area contributed by atoms with Gasteiger partial charge in [0.15, 0.2) is 0 Å². The molecule has 3 nitrogen and oxygen atoms in total. The molecular weight excluding hydrogens is 200 g/mol. The number of rotatable bonds is 2. The van der Waals surface area contributed by atoms with Gasteiger partial charge in [-0.05, 0) is 30.6 Å². The summed E-state index contributed by atoms with van der Waals surface area (Å²) < 4.78 is 0. The molecule has 1 rings (SSSR count). The standard InChI is InChI=1S/C13H26N2O/c1-9-5-6-10(7-11(9)14)12(16)15-8-13(2,3)4/h9-11H,5-8,14H2,1-4H3,(H,15,16). The topological polar surface area (TPSA) is 55.1 Å². The van der Waals surface area contributed by atoms with Gasteiger partial charge in [-0.3, -0.25) is 4.79 Å². The summed E-state index contributed by atoms with van der Waals surface area (Å²) in [7, 11) is 0. The fourth-order valence-electron chi connectivity index (χ4n) is 2.09. The zero-order chi connectivity index (χ0) is 12.3. The molecule has 0 aliphatic heterocycles. The van der Waals surface area contributed by atoms with E-state index >= 15 is 0 Å². The number of hydrogen-bond acceptors (Lipinski definition) is 2. The molecule has 0 aromatic carbocycles. The molecule has 0 aromatic heterocycles. The van der Waals surface area contributed by atoms with Crippen LogP contribution in [0.5, 0.6) is 0 Å². The molecule has 0 aromatic rings. The molecular formula is C13H26N2O. The molecule has 3 atom stereocenters. The Morgan fingerprint density at radius 2 is 2.00 bits per heavy atom. The van der Waals surface area contributed by atoms with Crippen LogP contribution in [0.4, 0.5) is 0 Å². The van der Waals surface area contributed by atoms with Crippen LogP contribution in [0.1, 0.15) is 47.0 Å². The molecule has 0 saturated heterocycles. The van der Waals surface area contributed by atoms with Gasteiger partial charge in [0.25, 0.3) is 0 Å². The average Bonchev–Trinajstić information content (AvgIpc) is 2.17. The van der Waals surface area contributed by atoms with Crippen LogP contribution in [0.2, 0.25) is 0 Å². The molecule has 0 spiro atoms. The molecule has 1 saturated carbocycles. The monoisotopic (exact) mass is 226 g/mol. The molecule has 0 bridgehead atoms. The minimum Gasteiger partial charge on any atom is -0.355 e. The minimum absolute atomic E-state index is 0.133. The summed E-state index contributed by atoms with van der Waals surface area (Å²) in [5, 5.41) is 3.03. The van der Waals surface area contributed by atoms with Crippen LogP contribution in [0, 0.1) is 17.3 Å². The van der Waals surface area contributed by atoms with Gasteiger partial charge in [-0.1, -0.05) is 27.7 Å². The van der Waals surface area contributed by atoms with Crippen molar-refractivity contribution in [2.24, 2.45) is 23.0 Å². The van der Waals surface area contributed by atoms with Gasteiger partial charge < -0.3 is 11.1 Å². The van der Waals surface area contributed by atoms with Crippen molar-refractivity contribution >= 4 is 5.91 Å². The fourth-order valence-corrected chi connectivity index (χ4v) is 2.09. The van der Waals surface area contributed by atoms with Crippen LogP contribution >= 0.6 is 0 Å². The summed E-state index contributed by atoms with van der Waals surface area (Å²) in [5.74, 6) is 0.887. The van der Waals surface area contributed by atoms with Crippen LogP contribution in [0.3, 0.4) is 0 Å². The normalized spacial score (nSPS) is 31.2. The van der Waals surface area contributed by atoms with Gasteiger partial charge in [-0.25, -0.2) is 0 Å². The van der Waals surface area contributed by atoms with Crippen molar-refractivity contribution < 1.29 is 4.79 Å². The highest BCUT2D eigenvalue weighted by Crippen LogP contribution is 2.27. The Balaban J connectivity index is 2.38. The summed E-state index contributed by atoms with van der Waals surface area (Å²) >= 11 is 0. The SMILES string of the molecule is CC1CCC(C(=O)NCC(C)(C)C)CC1N. The third-order valence-electron chi connectivity index (χ3n) is 3.42. The van der Waals surface area contributed by atoms with Gasteiger partial charge in [0.05, 0.1) is 0 Å². The molecule has 0 radical (unpaired) electrons. The average molecular weight is 226 g/mol. The molecule has 1 aliphatic rings. The van der Waals surface area contributed by atoms with Crippen LogP contribution in [-0.4, -0.2) is 18.5 Å². The van der Waals surface area contributed by atoms with E-state index in [0.717, 1.165) is 25.8 Å². The first-order chi connectivity index (χ1) is 7.29. The van der Waals surface area contributed by atoms with E-state index in [0.29, 0.717) is 5.92 Å². The van der Waals surface area contributed by atoms with Crippen molar-refractivity contribution in [3.63, 3.8) is 0 Å². The van der Waals surface area contributed by atoms with Crippen molar-refractivity contribution in [1.29, 1.82) is 0 Å². The van der Waals surface area contributed by atoms with Crippen molar-refractivity contribution in [3.05, 3.63) is 0 Å². The maximum atomic E-state index is 11.9. The van der Waals surface area contributed by atoms with Gasteiger partial charge in [0.2, 0.25) is 5.91 Å². The summed E-state index contributed by atoms with van der Waals surface area (Å²) in [5.41, 5.74) is 6.16.